The van der Waals surface area contributed by atoms with Crippen LogP contribution in [0.3, 0.4) is 0 Å². The zero-order valence-corrected chi connectivity index (χ0v) is 7.32. The topological polar surface area (TPSA) is 52.0 Å². The minimum absolute atomic E-state index is 0.755. The molecule has 2 aromatic rings. The highest BCUT2D eigenvalue weighted by Gasteiger charge is 2.04. The fourth-order valence-electron chi connectivity index (χ4n) is 1.22. The van der Waals surface area contributed by atoms with Crippen molar-refractivity contribution in [3.63, 3.8) is 0 Å². The molecule has 2 N–H and O–H groups in total. The van der Waals surface area contributed by atoms with Gasteiger partial charge >= 0.3 is 0 Å². The van der Waals surface area contributed by atoms with E-state index in [1.807, 2.05) is 31.2 Å². The predicted molar refractivity (Wildman–Crippen MR) is 51.1 cm³/mol. The fraction of sp³-hybridized carbons (Fsp3) is 0.100. The molecule has 0 aliphatic rings. The number of hydrogen-bond acceptors (Lipinski definition) is 3. The molecule has 2 rings (SSSR count). The molecule has 3 nitrogen and oxygen atoms in total. The third-order valence-corrected chi connectivity index (χ3v) is 1.93. The van der Waals surface area contributed by atoms with Crippen molar-refractivity contribution in [1.29, 1.82) is 0 Å². The first-order chi connectivity index (χ1) is 6.27. The van der Waals surface area contributed by atoms with Gasteiger partial charge in [0, 0.05) is 11.3 Å². The Labute approximate surface area is 76.2 Å². The van der Waals surface area contributed by atoms with Crippen molar-refractivity contribution in [3.05, 3.63) is 36.4 Å². The highest BCUT2D eigenvalue weighted by molar-refractivity contribution is 5.63. The van der Waals surface area contributed by atoms with E-state index in [9.17, 15) is 0 Å². The maximum absolute atomic E-state index is 5.57. The van der Waals surface area contributed by atoms with Crippen LogP contribution in [0.25, 0.3) is 11.3 Å². The van der Waals surface area contributed by atoms with E-state index in [-0.39, 0.29) is 0 Å². The van der Waals surface area contributed by atoms with Crippen LogP contribution < -0.4 is 5.73 Å². The lowest BCUT2D eigenvalue weighted by molar-refractivity contribution is 0.527. The van der Waals surface area contributed by atoms with Crippen LogP contribution in [0.15, 0.2) is 35.1 Å². The van der Waals surface area contributed by atoms with E-state index in [1.54, 1.807) is 0 Å². The Morgan fingerprint density at radius 1 is 1.23 bits per heavy atom. The number of nitrogens with two attached hydrogens (primary N) is 1. The molecule has 0 atom stereocenters. The maximum Gasteiger partial charge on any atom is 0.181 e. The molecule has 13 heavy (non-hydrogen) atoms. The number of nitrogen functional groups attached to an aromatic ring is 1. The van der Waals surface area contributed by atoms with Crippen LogP contribution in [-0.4, -0.2) is 4.98 Å². The summed E-state index contributed by atoms with van der Waals surface area (Å²) in [6.45, 7) is 1.89. The first-order valence-corrected chi connectivity index (χ1v) is 4.03. The second kappa shape index (κ2) is 2.94. The van der Waals surface area contributed by atoms with Crippen LogP contribution in [0.1, 0.15) is 5.76 Å². The van der Waals surface area contributed by atoms with Gasteiger partial charge in [0.2, 0.25) is 0 Å². The number of benzene rings is 1. The van der Waals surface area contributed by atoms with Gasteiger partial charge in [-0.2, -0.15) is 0 Å². The summed E-state index contributed by atoms with van der Waals surface area (Å²) in [5.41, 5.74) is 8.23. The van der Waals surface area contributed by atoms with E-state index in [2.05, 4.69) is 4.98 Å². The second-order valence-corrected chi connectivity index (χ2v) is 2.88. The molecule has 66 valence electrons. The second-order valence-electron chi connectivity index (χ2n) is 2.88. The average molecular weight is 174 g/mol. The molecular formula is C10H10N2O. The van der Waals surface area contributed by atoms with Gasteiger partial charge in [-0.1, -0.05) is 12.1 Å². The molecule has 0 aliphatic carbocycles. The van der Waals surface area contributed by atoms with Gasteiger partial charge < -0.3 is 10.2 Å². The van der Waals surface area contributed by atoms with Crippen molar-refractivity contribution in [3.8, 4) is 11.3 Å². The van der Waals surface area contributed by atoms with Gasteiger partial charge in [-0.15, -0.1) is 0 Å². The van der Waals surface area contributed by atoms with E-state index in [0.717, 1.165) is 22.7 Å². The lowest BCUT2D eigenvalue weighted by Gasteiger charge is -1.97. The molecular weight excluding hydrogens is 164 g/mol. The summed E-state index contributed by atoms with van der Waals surface area (Å²) in [7, 11) is 0. The van der Waals surface area contributed by atoms with Crippen LogP contribution in [0, 0.1) is 6.92 Å². The molecule has 0 unspecified atom stereocenters. The third-order valence-electron chi connectivity index (χ3n) is 1.93. The van der Waals surface area contributed by atoms with Crippen molar-refractivity contribution in [2.24, 2.45) is 0 Å². The molecule has 3 heteroatoms. The Morgan fingerprint density at radius 3 is 2.46 bits per heavy atom. The summed E-state index contributed by atoms with van der Waals surface area (Å²) in [6.07, 6.45) is 1.45. The SMILES string of the molecule is Cc1ocnc1-c1ccc(N)cc1. The van der Waals surface area contributed by atoms with Crippen LogP contribution >= 0.6 is 0 Å². The van der Waals surface area contributed by atoms with Crippen molar-refractivity contribution >= 4 is 5.69 Å². The van der Waals surface area contributed by atoms with E-state index in [4.69, 9.17) is 10.2 Å². The highest BCUT2D eigenvalue weighted by Crippen LogP contribution is 2.21. The smallest absolute Gasteiger partial charge is 0.181 e. The normalized spacial score (nSPS) is 10.2. The van der Waals surface area contributed by atoms with Gasteiger partial charge in [0.25, 0.3) is 0 Å². The Hall–Kier alpha value is -1.77. The molecule has 0 aliphatic heterocycles. The van der Waals surface area contributed by atoms with Crippen molar-refractivity contribution in [2.75, 3.05) is 5.73 Å². The zero-order chi connectivity index (χ0) is 9.26. The number of anilines is 1. The first-order valence-electron chi connectivity index (χ1n) is 4.03. The maximum atomic E-state index is 5.57. The monoisotopic (exact) mass is 174 g/mol. The van der Waals surface area contributed by atoms with Gasteiger partial charge in [-0.25, -0.2) is 4.98 Å². The van der Waals surface area contributed by atoms with Gasteiger partial charge in [-0.05, 0) is 19.1 Å². The summed E-state index contributed by atoms with van der Waals surface area (Å²) in [6, 6.07) is 7.56. The number of aromatic nitrogens is 1. The van der Waals surface area contributed by atoms with Gasteiger partial charge in [0.15, 0.2) is 6.39 Å². The van der Waals surface area contributed by atoms with Crippen LogP contribution in [0.4, 0.5) is 5.69 Å². The Kier molecular flexibility index (Phi) is 1.77. The average Bonchev–Trinajstić information content (AvgIpc) is 2.53. The minimum Gasteiger partial charge on any atom is -0.448 e. The van der Waals surface area contributed by atoms with Crippen molar-refractivity contribution in [2.45, 2.75) is 6.92 Å². The summed E-state index contributed by atoms with van der Waals surface area (Å²) in [5, 5.41) is 0. The summed E-state index contributed by atoms with van der Waals surface area (Å²) < 4.78 is 5.11. The lowest BCUT2D eigenvalue weighted by Crippen LogP contribution is -1.84. The van der Waals surface area contributed by atoms with Crippen LogP contribution in [0.2, 0.25) is 0 Å². The largest absolute Gasteiger partial charge is 0.448 e. The van der Waals surface area contributed by atoms with E-state index >= 15 is 0 Å². The predicted octanol–water partition coefficient (Wildman–Crippen LogP) is 2.23. The molecule has 1 aromatic heterocycles. The Balaban J connectivity index is 2.47. The van der Waals surface area contributed by atoms with E-state index < -0.39 is 0 Å². The molecule has 0 fully saturated rings. The first kappa shape index (κ1) is 7.86. The molecule has 0 spiro atoms. The van der Waals surface area contributed by atoms with Crippen LogP contribution in [0.5, 0.6) is 0 Å². The molecule has 0 saturated heterocycles. The number of hydrogen-bond donors (Lipinski definition) is 1. The third kappa shape index (κ3) is 1.40. The van der Waals surface area contributed by atoms with Gasteiger partial charge in [0.05, 0.1) is 0 Å². The van der Waals surface area contributed by atoms with Crippen LogP contribution in [-0.2, 0) is 0 Å². The number of aryl methyl sites for hydroxylation is 1. The molecule has 1 aromatic carbocycles. The molecule has 0 saturated carbocycles. The lowest BCUT2D eigenvalue weighted by atomic mass is 10.1. The Morgan fingerprint density at radius 2 is 1.92 bits per heavy atom. The van der Waals surface area contributed by atoms with E-state index in [0.29, 0.717) is 0 Å². The van der Waals surface area contributed by atoms with Gasteiger partial charge in [0.1, 0.15) is 11.5 Å². The molecule has 1 heterocycles. The minimum atomic E-state index is 0.755. The molecule has 0 radical (unpaired) electrons. The number of oxazole rings is 1. The molecule has 0 bridgehead atoms. The van der Waals surface area contributed by atoms with Crippen molar-refractivity contribution in [1.82, 2.24) is 4.98 Å². The summed E-state index contributed by atoms with van der Waals surface area (Å²) in [5.74, 6) is 0.824. The number of nitrogens with zero attached hydrogens (tertiary/aromatic N) is 1. The van der Waals surface area contributed by atoms with Crippen molar-refractivity contribution < 1.29 is 4.42 Å². The number of rotatable bonds is 1. The zero-order valence-electron chi connectivity index (χ0n) is 7.32. The summed E-state index contributed by atoms with van der Waals surface area (Å²) >= 11 is 0. The standard InChI is InChI=1S/C10H10N2O/c1-7-10(12-6-13-7)8-2-4-9(11)5-3-8/h2-6H,11H2,1H3. The highest BCUT2D eigenvalue weighted by atomic mass is 16.3. The Bertz CT molecular complexity index is 403. The summed E-state index contributed by atoms with van der Waals surface area (Å²) in [4.78, 5) is 4.11. The van der Waals surface area contributed by atoms with Gasteiger partial charge in [-0.3, -0.25) is 0 Å². The quantitative estimate of drug-likeness (QED) is 0.674. The molecule has 0 amide bonds. The fourth-order valence-corrected chi connectivity index (χ4v) is 1.22. The van der Waals surface area contributed by atoms with E-state index in [1.165, 1.54) is 6.39 Å².